The number of hydrogen-bond acceptors (Lipinski definition) is 2. The lowest BCUT2D eigenvalue weighted by molar-refractivity contribution is -0.146. The summed E-state index contributed by atoms with van der Waals surface area (Å²) in [5.41, 5.74) is 0. The zero-order valence-electron chi connectivity index (χ0n) is 8.03. The van der Waals surface area contributed by atoms with Gasteiger partial charge in [-0.2, -0.15) is 0 Å². The zero-order valence-corrected chi connectivity index (χ0v) is 8.03. The Morgan fingerprint density at radius 1 is 1.54 bits per heavy atom. The van der Waals surface area contributed by atoms with Crippen LogP contribution in [-0.2, 0) is 9.53 Å². The molecule has 0 fully saturated rings. The maximum Gasteiger partial charge on any atom is 0.313 e. The number of hydrogen-bond donors (Lipinski definition) is 0. The Hall–Kier alpha value is -1.05. The molecule has 0 radical (unpaired) electrons. The van der Waals surface area contributed by atoms with Crippen molar-refractivity contribution in [2.24, 2.45) is 5.92 Å². The molecule has 0 saturated carbocycles. The Labute approximate surface area is 79.3 Å². The summed E-state index contributed by atoms with van der Waals surface area (Å²) < 4.78 is 5.10. The van der Waals surface area contributed by atoms with E-state index in [2.05, 4.69) is 6.92 Å². The number of carbonyl (C=O) groups is 1. The molecule has 1 unspecified atom stereocenters. The Kier molecular flexibility index (Phi) is 4.30. The van der Waals surface area contributed by atoms with Gasteiger partial charge in [-0.25, -0.2) is 0 Å². The molecule has 0 amide bonds. The lowest BCUT2D eigenvalue weighted by Gasteiger charge is -2.11. The molecular weight excluding hydrogens is 164 g/mol. The molecule has 0 spiro atoms. The Balaban J connectivity index is 2.23. The molecule has 1 aliphatic rings. The van der Waals surface area contributed by atoms with Crippen LogP contribution in [0.15, 0.2) is 24.3 Å². The molecule has 0 heterocycles. The second kappa shape index (κ2) is 5.57. The van der Waals surface area contributed by atoms with Crippen LogP contribution in [0.4, 0.5) is 0 Å². The van der Waals surface area contributed by atoms with Crippen LogP contribution < -0.4 is 0 Å². The van der Waals surface area contributed by atoms with E-state index in [0.717, 1.165) is 19.3 Å². The van der Waals surface area contributed by atoms with Gasteiger partial charge in [-0.3, -0.25) is 4.79 Å². The summed E-state index contributed by atoms with van der Waals surface area (Å²) in [6.45, 7) is 2.64. The van der Waals surface area contributed by atoms with Crippen molar-refractivity contribution < 1.29 is 9.53 Å². The van der Waals surface area contributed by atoms with Crippen LogP contribution in [0.1, 0.15) is 26.2 Å². The van der Waals surface area contributed by atoms with E-state index in [4.69, 9.17) is 4.74 Å². The van der Waals surface area contributed by atoms with E-state index < -0.39 is 0 Å². The number of ether oxygens (including phenoxy) is 1. The molecule has 0 aliphatic heterocycles. The first-order chi connectivity index (χ1) is 6.34. The van der Waals surface area contributed by atoms with Crippen LogP contribution in [-0.4, -0.2) is 12.6 Å². The van der Waals surface area contributed by atoms with Gasteiger partial charge in [-0.15, -0.1) is 0 Å². The van der Waals surface area contributed by atoms with Crippen LogP contribution in [0.3, 0.4) is 0 Å². The minimum absolute atomic E-state index is 0.0538. The van der Waals surface area contributed by atoms with Crippen molar-refractivity contribution in [3.8, 4) is 0 Å². The van der Waals surface area contributed by atoms with E-state index in [1.165, 1.54) is 0 Å². The van der Waals surface area contributed by atoms with E-state index in [1.807, 2.05) is 24.3 Å². The maximum atomic E-state index is 11.4. The van der Waals surface area contributed by atoms with E-state index in [-0.39, 0.29) is 11.9 Å². The van der Waals surface area contributed by atoms with Gasteiger partial charge in [0.25, 0.3) is 0 Å². The quantitative estimate of drug-likeness (QED) is 0.490. The number of carbonyl (C=O) groups excluding carboxylic acids is 1. The van der Waals surface area contributed by atoms with Crippen molar-refractivity contribution in [3.05, 3.63) is 24.3 Å². The molecule has 0 N–H and O–H groups in total. The van der Waals surface area contributed by atoms with Crippen LogP contribution in [0, 0.1) is 5.92 Å². The van der Waals surface area contributed by atoms with Crippen LogP contribution in [0.2, 0.25) is 0 Å². The Morgan fingerprint density at radius 2 is 2.38 bits per heavy atom. The molecule has 0 aromatic heterocycles. The first kappa shape index (κ1) is 10.0. The standard InChI is InChI=1S/C11H16O2/c1-2-3-9-13-11(12)10-7-5-4-6-8-10/h4-7,10H,2-3,8-9H2,1H3. The summed E-state index contributed by atoms with van der Waals surface area (Å²) in [5.74, 6) is -0.143. The van der Waals surface area contributed by atoms with Crippen LogP contribution >= 0.6 is 0 Å². The number of rotatable bonds is 4. The normalized spacial score (nSPS) is 20.2. The lowest BCUT2D eigenvalue weighted by atomic mass is 10.0. The molecule has 2 heteroatoms. The fourth-order valence-corrected chi connectivity index (χ4v) is 1.18. The second-order valence-corrected chi connectivity index (χ2v) is 3.18. The fourth-order valence-electron chi connectivity index (χ4n) is 1.18. The average Bonchev–Trinajstić information content (AvgIpc) is 2.19. The van der Waals surface area contributed by atoms with Gasteiger partial charge in [0.05, 0.1) is 12.5 Å². The second-order valence-electron chi connectivity index (χ2n) is 3.18. The van der Waals surface area contributed by atoms with Crippen molar-refractivity contribution in [1.29, 1.82) is 0 Å². The molecular formula is C11H16O2. The molecule has 0 saturated heterocycles. The van der Waals surface area contributed by atoms with Crippen LogP contribution in [0.5, 0.6) is 0 Å². The highest BCUT2D eigenvalue weighted by Crippen LogP contribution is 2.13. The SMILES string of the molecule is CCCCOC(=O)C1C=CC=CC1. The largest absolute Gasteiger partial charge is 0.465 e. The monoisotopic (exact) mass is 180 g/mol. The van der Waals surface area contributed by atoms with E-state index in [9.17, 15) is 4.79 Å². The third kappa shape index (κ3) is 3.45. The summed E-state index contributed by atoms with van der Waals surface area (Å²) in [5, 5.41) is 0. The first-order valence-corrected chi connectivity index (χ1v) is 4.84. The van der Waals surface area contributed by atoms with Crippen molar-refractivity contribution in [2.45, 2.75) is 26.2 Å². The molecule has 0 aromatic rings. The molecule has 1 aliphatic carbocycles. The smallest absolute Gasteiger partial charge is 0.313 e. The minimum Gasteiger partial charge on any atom is -0.465 e. The number of allylic oxidation sites excluding steroid dienone is 3. The maximum absolute atomic E-state index is 11.4. The van der Waals surface area contributed by atoms with Crippen molar-refractivity contribution in [1.82, 2.24) is 0 Å². The van der Waals surface area contributed by atoms with Gasteiger partial charge in [0.15, 0.2) is 0 Å². The van der Waals surface area contributed by atoms with Crippen molar-refractivity contribution in [3.63, 3.8) is 0 Å². The summed E-state index contributed by atoms with van der Waals surface area (Å²) in [7, 11) is 0. The molecule has 0 aromatic carbocycles. The lowest BCUT2D eigenvalue weighted by Crippen LogP contribution is -2.16. The molecule has 72 valence electrons. The first-order valence-electron chi connectivity index (χ1n) is 4.84. The van der Waals surface area contributed by atoms with Crippen molar-refractivity contribution in [2.75, 3.05) is 6.61 Å². The third-order valence-electron chi connectivity index (χ3n) is 2.03. The van der Waals surface area contributed by atoms with E-state index in [1.54, 1.807) is 0 Å². The summed E-state index contributed by atoms with van der Waals surface area (Å²) in [6, 6.07) is 0. The highest BCUT2D eigenvalue weighted by Gasteiger charge is 2.15. The molecule has 0 bridgehead atoms. The predicted octanol–water partition coefficient (Wildman–Crippen LogP) is 2.46. The summed E-state index contributed by atoms with van der Waals surface area (Å²) >= 11 is 0. The molecule has 2 nitrogen and oxygen atoms in total. The third-order valence-corrected chi connectivity index (χ3v) is 2.03. The van der Waals surface area contributed by atoms with E-state index in [0.29, 0.717) is 6.61 Å². The molecule has 13 heavy (non-hydrogen) atoms. The number of esters is 1. The highest BCUT2D eigenvalue weighted by atomic mass is 16.5. The minimum atomic E-state index is -0.0888. The van der Waals surface area contributed by atoms with Gasteiger partial charge in [0, 0.05) is 0 Å². The summed E-state index contributed by atoms with van der Waals surface area (Å²) in [4.78, 5) is 11.4. The topological polar surface area (TPSA) is 26.3 Å². The summed E-state index contributed by atoms with van der Waals surface area (Å²) in [6.07, 6.45) is 10.5. The highest BCUT2D eigenvalue weighted by molar-refractivity contribution is 5.75. The average molecular weight is 180 g/mol. The van der Waals surface area contributed by atoms with Gasteiger partial charge in [0.1, 0.15) is 0 Å². The predicted molar refractivity (Wildman–Crippen MR) is 52.3 cm³/mol. The molecule has 1 rings (SSSR count). The van der Waals surface area contributed by atoms with Crippen molar-refractivity contribution >= 4 is 5.97 Å². The van der Waals surface area contributed by atoms with Gasteiger partial charge in [0.2, 0.25) is 0 Å². The molecule has 1 atom stereocenters. The van der Waals surface area contributed by atoms with Gasteiger partial charge in [-0.05, 0) is 12.8 Å². The van der Waals surface area contributed by atoms with Gasteiger partial charge < -0.3 is 4.74 Å². The van der Waals surface area contributed by atoms with Gasteiger partial charge >= 0.3 is 5.97 Å². The fraction of sp³-hybridized carbons (Fsp3) is 0.545. The Bertz CT molecular complexity index is 216. The van der Waals surface area contributed by atoms with E-state index >= 15 is 0 Å². The van der Waals surface area contributed by atoms with Gasteiger partial charge in [-0.1, -0.05) is 37.6 Å². The zero-order chi connectivity index (χ0) is 9.52. The number of unbranched alkanes of at least 4 members (excludes halogenated alkanes) is 1. The Morgan fingerprint density at radius 3 is 3.00 bits per heavy atom. The van der Waals surface area contributed by atoms with Crippen LogP contribution in [0.25, 0.3) is 0 Å².